The van der Waals surface area contributed by atoms with Gasteiger partial charge in [-0.1, -0.05) is 18.2 Å². The van der Waals surface area contributed by atoms with Crippen LogP contribution in [0, 0.1) is 13.8 Å². The maximum Gasteiger partial charge on any atom is 0.509 e. The van der Waals surface area contributed by atoms with E-state index in [2.05, 4.69) is 4.99 Å². The van der Waals surface area contributed by atoms with Gasteiger partial charge in [-0.2, -0.15) is 0 Å². The molecule has 0 unspecified atom stereocenters. The van der Waals surface area contributed by atoms with Crippen molar-refractivity contribution in [3.63, 3.8) is 0 Å². The number of para-hydroxylation sites is 1. The van der Waals surface area contributed by atoms with Gasteiger partial charge in [0.25, 0.3) is 0 Å². The van der Waals surface area contributed by atoms with Gasteiger partial charge in [0.2, 0.25) is 0 Å². The summed E-state index contributed by atoms with van der Waals surface area (Å²) in [5.74, 6) is 0.0752. The number of carbonyl (C=O) groups excluding carboxylic acids is 1. The molecule has 1 aromatic carbocycles. The normalized spacial score (nSPS) is 11.6. The van der Waals surface area contributed by atoms with Gasteiger partial charge in [0, 0.05) is 0 Å². The average molecular weight is 296 g/mol. The number of ether oxygens (including phenoxy) is 2. The van der Waals surface area contributed by atoms with Gasteiger partial charge in [0.1, 0.15) is 5.94 Å². The first-order valence-corrected chi connectivity index (χ1v) is 7.25. The zero-order valence-electron chi connectivity index (χ0n) is 12.2. The third kappa shape index (κ3) is 5.52. The fourth-order valence-corrected chi connectivity index (χ4v) is 1.92. The predicted molar refractivity (Wildman–Crippen MR) is 82.4 cm³/mol. The summed E-state index contributed by atoms with van der Waals surface area (Å²) < 4.78 is 9.70. The fraction of sp³-hybridized carbons (Fsp3) is 0.429. The number of nitrogens with two attached hydrogens (primary N) is 1. The number of thioether (sulfide) groups is 1. The summed E-state index contributed by atoms with van der Waals surface area (Å²) in [6.45, 7) is 7.46. The minimum Gasteiger partial charge on any atom is -0.432 e. The lowest BCUT2D eigenvalue weighted by molar-refractivity contribution is 0.0462. The minimum atomic E-state index is -0.702. The molecule has 6 heteroatoms. The topological polar surface area (TPSA) is 73.9 Å². The number of nitrogens with zero attached hydrogens (tertiary/aromatic N) is 1. The molecule has 0 atom stereocenters. The van der Waals surface area contributed by atoms with E-state index in [0.717, 1.165) is 28.6 Å². The highest BCUT2D eigenvalue weighted by molar-refractivity contribution is 8.13. The quantitative estimate of drug-likeness (QED) is 0.398. The second kappa shape index (κ2) is 7.79. The smallest absolute Gasteiger partial charge is 0.432 e. The summed E-state index contributed by atoms with van der Waals surface area (Å²) >= 11 is 1.15. The molecule has 1 rings (SSSR count). The molecule has 0 fully saturated rings. The number of benzene rings is 1. The van der Waals surface area contributed by atoms with Crippen molar-refractivity contribution in [1.29, 1.82) is 0 Å². The Hall–Kier alpha value is -1.69. The van der Waals surface area contributed by atoms with E-state index >= 15 is 0 Å². The number of hydrogen-bond acceptors (Lipinski definition) is 5. The Balaban J connectivity index is 2.52. The molecule has 0 aromatic heterocycles. The van der Waals surface area contributed by atoms with Crippen LogP contribution in [0.2, 0.25) is 0 Å². The van der Waals surface area contributed by atoms with Crippen LogP contribution in [0.25, 0.3) is 0 Å². The van der Waals surface area contributed by atoms with E-state index in [0.29, 0.717) is 5.17 Å². The molecule has 0 aliphatic carbocycles. The average Bonchev–Trinajstić information content (AvgIpc) is 2.33. The number of hydrogen-bond donors (Lipinski definition) is 1. The van der Waals surface area contributed by atoms with Crippen LogP contribution in [-0.4, -0.2) is 23.4 Å². The number of carbonyl (C=O) groups is 1. The van der Waals surface area contributed by atoms with Gasteiger partial charge in [-0.25, -0.2) is 9.79 Å². The van der Waals surface area contributed by atoms with E-state index < -0.39 is 6.16 Å². The summed E-state index contributed by atoms with van der Waals surface area (Å²) in [6.07, 6.45) is -0.902. The van der Waals surface area contributed by atoms with Crippen LogP contribution >= 0.6 is 11.8 Å². The van der Waals surface area contributed by atoms with E-state index in [4.69, 9.17) is 15.2 Å². The Morgan fingerprint density at radius 1 is 1.35 bits per heavy atom. The van der Waals surface area contributed by atoms with E-state index in [1.807, 2.05) is 32.0 Å². The van der Waals surface area contributed by atoms with Crippen LogP contribution in [0.5, 0.6) is 0 Å². The van der Waals surface area contributed by atoms with Crippen LogP contribution in [0.15, 0.2) is 23.2 Å². The fourth-order valence-electron chi connectivity index (χ4n) is 1.49. The number of aliphatic imine (C=N–C) groups is 1. The van der Waals surface area contributed by atoms with Crippen molar-refractivity contribution in [2.45, 2.75) is 33.8 Å². The van der Waals surface area contributed by atoms with Gasteiger partial charge in [-0.05, 0) is 50.6 Å². The maximum absolute atomic E-state index is 11.2. The Morgan fingerprint density at radius 3 is 2.50 bits per heavy atom. The third-order valence-electron chi connectivity index (χ3n) is 2.38. The van der Waals surface area contributed by atoms with Gasteiger partial charge in [-0.3, -0.25) is 0 Å². The molecule has 0 saturated heterocycles. The first-order valence-electron chi connectivity index (χ1n) is 6.26. The predicted octanol–water partition coefficient (Wildman–Crippen LogP) is 3.50. The van der Waals surface area contributed by atoms with Gasteiger partial charge in [0.15, 0.2) is 5.17 Å². The van der Waals surface area contributed by atoms with Crippen molar-refractivity contribution in [2.75, 3.05) is 5.94 Å². The van der Waals surface area contributed by atoms with Gasteiger partial charge >= 0.3 is 6.16 Å². The largest absolute Gasteiger partial charge is 0.509 e. The van der Waals surface area contributed by atoms with Crippen LogP contribution in [-0.2, 0) is 9.47 Å². The Kier molecular flexibility index (Phi) is 6.38. The lowest BCUT2D eigenvalue weighted by atomic mass is 10.1. The SMILES string of the molecule is Cc1cccc(C)c1N=C(N)SCOC(=O)OC(C)C. The molecule has 110 valence electrons. The second-order valence-corrected chi connectivity index (χ2v) is 5.46. The van der Waals surface area contributed by atoms with Gasteiger partial charge < -0.3 is 15.2 Å². The number of aryl methyl sites for hydroxylation is 2. The molecule has 0 aliphatic heterocycles. The second-order valence-electron chi connectivity index (χ2n) is 4.51. The van der Waals surface area contributed by atoms with E-state index in [9.17, 15) is 4.79 Å². The third-order valence-corrected chi connectivity index (χ3v) is 3.00. The van der Waals surface area contributed by atoms with Gasteiger partial charge in [0.05, 0.1) is 11.8 Å². The summed E-state index contributed by atoms with van der Waals surface area (Å²) in [6, 6.07) is 5.92. The summed E-state index contributed by atoms with van der Waals surface area (Å²) in [5, 5.41) is 0.347. The molecular formula is C14H20N2O3S. The number of amidine groups is 1. The first-order chi connectivity index (χ1) is 9.40. The standard InChI is InChI=1S/C14H20N2O3S/c1-9(2)19-14(17)18-8-20-13(15)16-12-10(3)6-5-7-11(12)4/h5-7,9H,8H2,1-4H3,(H2,15,16). The molecule has 0 spiro atoms. The van der Waals surface area contributed by atoms with Crippen LogP contribution in [0.4, 0.5) is 10.5 Å². The van der Waals surface area contributed by atoms with Crippen molar-refractivity contribution in [1.82, 2.24) is 0 Å². The first kappa shape index (κ1) is 16.4. The van der Waals surface area contributed by atoms with E-state index in [1.165, 1.54) is 0 Å². The lowest BCUT2D eigenvalue weighted by Gasteiger charge is -2.08. The summed E-state index contributed by atoms with van der Waals surface area (Å²) in [7, 11) is 0. The van der Waals surface area contributed by atoms with Crippen molar-refractivity contribution in [3.05, 3.63) is 29.3 Å². The van der Waals surface area contributed by atoms with Crippen LogP contribution in [0.1, 0.15) is 25.0 Å². The molecule has 0 heterocycles. The molecule has 5 nitrogen and oxygen atoms in total. The van der Waals surface area contributed by atoms with Crippen molar-refractivity contribution in [3.8, 4) is 0 Å². The Labute approximate surface area is 123 Å². The number of rotatable bonds is 4. The molecule has 1 aromatic rings. The van der Waals surface area contributed by atoms with Gasteiger partial charge in [-0.15, -0.1) is 0 Å². The van der Waals surface area contributed by atoms with Crippen molar-refractivity contribution < 1.29 is 14.3 Å². The molecule has 0 saturated carbocycles. The zero-order chi connectivity index (χ0) is 15.1. The Morgan fingerprint density at radius 2 is 1.95 bits per heavy atom. The minimum absolute atomic E-state index is 0.0752. The highest BCUT2D eigenvalue weighted by atomic mass is 32.2. The van der Waals surface area contributed by atoms with E-state index in [1.54, 1.807) is 13.8 Å². The molecule has 0 bridgehead atoms. The molecular weight excluding hydrogens is 276 g/mol. The molecule has 2 N–H and O–H groups in total. The molecule has 0 radical (unpaired) electrons. The summed E-state index contributed by atoms with van der Waals surface area (Å²) in [5.41, 5.74) is 8.76. The van der Waals surface area contributed by atoms with Crippen LogP contribution < -0.4 is 5.73 Å². The van der Waals surface area contributed by atoms with Crippen LogP contribution in [0.3, 0.4) is 0 Å². The zero-order valence-corrected chi connectivity index (χ0v) is 13.0. The lowest BCUT2D eigenvalue weighted by Crippen LogP contribution is -2.15. The Bertz CT molecular complexity index is 481. The summed E-state index contributed by atoms with van der Waals surface area (Å²) in [4.78, 5) is 15.5. The monoisotopic (exact) mass is 296 g/mol. The highest BCUT2D eigenvalue weighted by Gasteiger charge is 2.07. The van der Waals surface area contributed by atoms with E-state index in [-0.39, 0.29) is 12.0 Å². The maximum atomic E-state index is 11.2. The molecule has 0 aliphatic rings. The van der Waals surface area contributed by atoms with Crippen molar-refractivity contribution in [2.24, 2.45) is 10.7 Å². The van der Waals surface area contributed by atoms with Crippen molar-refractivity contribution >= 4 is 28.8 Å². The molecule has 20 heavy (non-hydrogen) atoms. The highest BCUT2D eigenvalue weighted by Crippen LogP contribution is 2.23. The molecule has 0 amide bonds.